The quantitative estimate of drug-likeness (QED) is 0.737. The average molecular weight is 333 g/mol. The molecule has 1 unspecified atom stereocenters. The third-order valence-electron chi connectivity index (χ3n) is 3.84. The van der Waals surface area contributed by atoms with E-state index in [4.69, 9.17) is 4.42 Å². The maximum absolute atomic E-state index is 12.0. The largest absolute Gasteiger partial charge is 0.463 e. The lowest BCUT2D eigenvalue weighted by atomic mass is 10.0. The van der Waals surface area contributed by atoms with Gasteiger partial charge in [0.1, 0.15) is 22.9 Å². The lowest BCUT2D eigenvalue weighted by molar-refractivity contribution is -0.122. The first-order chi connectivity index (χ1) is 11.2. The van der Waals surface area contributed by atoms with E-state index in [1.54, 1.807) is 39.8 Å². The summed E-state index contributed by atoms with van der Waals surface area (Å²) in [5.41, 5.74) is -0.375. The number of rotatable bonds is 6. The smallest absolute Gasteiger partial charge is 0.254 e. The monoisotopic (exact) mass is 333 g/mol. The van der Waals surface area contributed by atoms with Crippen molar-refractivity contribution in [1.29, 1.82) is 0 Å². The van der Waals surface area contributed by atoms with Crippen LogP contribution in [0.2, 0.25) is 0 Å². The predicted octanol–water partition coefficient (Wildman–Crippen LogP) is 1.24. The molecule has 0 aliphatic heterocycles. The zero-order chi connectivity index (χ0) is 17.9. The van der Waals surface area contributed by atoms with Gasteiger partial charge in [-0.3, -0.25) is 9.59 Å². The van der Waals surface area contributed by atoms with Crippen LogP contribution in [0.1, 0.15) is 41.9 Å². The molecule has 0 saturated heterocycles. The van der Waals surface area contributed by atoms with Crippen LogP contribution in [0.15, 0.2) is 21.3 Å². The molecule has 2 heterocycles. The number of aromatic amines is 1. The summed E-state index contributed by atoms with van der Waals surface area (Å²) >= 11 is 0. The van der Waals surface area contributed by atoms with Crippen LogP contribution in [0.4, 0.5) is 0 Å². The molecule has 0 saturated carbocycles. The second-order valence-corrected chi connectivity index (χ2v) is 6.18. The van der Waals surface area contributed by atoms with E-state index in [1.165, 1.54) is 0 Å². The molecule has 0 bridgehead atoms. The van der Waals surface area contributed by atoms with Crippen molar-refractivity contribution in [2.75, 3.05) is 6.54 Å². The summed E-state index contributed by atoms with van der Waals surface area (Å²) in [5, 5.41) is 13.0. The minimum Gasteiger partial charge on any atom is -0.463 e. The second-order valence-electron chi connectivity index (χ2n) is 6.18. The van der Waals surface area contributed by atoms with E-state index in [9.17, 15) is 14.7 Å². The highest BCUT2D eigenvalue weighted by Crippen LogP contribution is 2.21. The van der Waals surface area contributed by atoms with Crippen LogP contribution in [-0.4, -0.2) is 27.5 Å². The summed E-state index contributed by atoms with van der Waals surface area (Å²) in [4.78, 5) is 30.7. The van der Waals surface area contributed by atoms with Crippen LogP contribution in [0, 0.1) is 20.8 Å². The molecule has 0 aliphatic rings. The topological polar surface area (TPSA) is 108 Å². The van der Waals surface area contributed by atoms with Crippen LogP contribution in [0.5, 0.6) is 0 Å². The van der Waals surface area contributed by atoms with Gasteiger partial charge < -0.3 is 19.8 Å². The first-order valence-corrected chi connectivity index (χ1v) is 7.81. The number of aryl methyl sites for hydroxylation is 3. The molecule has 0 aromatic carbocycles. The minimum absolute atomic E-state index is 0.0280. The van der Waals surface area contributed by atoms with Crippen molar-refractivity contribution in [1.82, 2.24) is 15.3 Å². The summed E-state index contributed by atoms with van der Waals surface area (Å²) in [7, 11) is 0. The SMILES string of the molecule is Cc1nc(C)c(CCC(=O)NCC(C)(O)c2ccc(C)o2)c(=O)[nH]1. The number of aromatic nitrogens is 2. The van der Waals surface area contributed by atoms with Gasteiger partial charge in [0.2, 0.25) is 5.91 Å². The molecular weight excluding hydrogens is 310 g/mol. The van der Waals surface area contributed by atoms with Crippen molar-refractivity contribution in [2.24, 2.45) is 0 Å². The van der Waals surface area contributed by atoms with Gasteiger partial charge in [-0.25, -0.2) is 4.98 Å². The molecule has 1 amide bonds. The Labute approximate surface area is 140 Å². The molecule has 2 aromatic heterocycles. The number of nitrogens with one attached hydrogen (secondary N) is 2. The molecule has 7 heteroatoms. The molecule has 2 aromatic rings. The van der Waals surface area contributed by atoms with E-state index in [2.05, 4.69) is 15.3 Å². The molecular formula is C17H23N3O4. The van der Waals surface area contributed by atoms with Gasteiger partial charge in [0.05, 0.1) is 6.54 Å². The Balaban J connectivity index is 1.91. The third-order valence-corrected chi connectivity index (χ3v) is 3.84. The zero-order valence-electron chi connectivity index (χ0n) is 14.4. The lowest BCUT2D eigenvalue weighted by Gasteiger charge is -2.21. The fourth-order valence-corrected chi connectivity index (χ4v) is 2.45. The second kappa shape index (κ2) is 7.00. The van der Waals surface area contributed by atoms with Gasteiger partial charge in [0.25, 0.3) is 5.56 Å². The highest BCUT2D eigenvalue weighted by Gasteiger charge is 2.27. The Bertz CT molecular complexity index is 789. The number of aliphatic hydroxyl groups is 1. The van der Waals surface area contributed by atoms with E-state index >= 15 is 0 Å². The van der Waals surface area contributed by atoms with E-state index in [0.717, 1.165) is 0 Å². The summed E-state index contributed by atoms with van der Waals surface area (Å²) in [6.45, 7) is 6.85. The van der Waals surface area contributed by atoms with Gasteiger partial charge in [-0.2, -0.15) is 0 Å². The molecule has 130 valence electrons. The Morgan fingerprint density at radius 2 is 2.08 bits per heavy atom. The van der Waals surface area contributed by atoms with Gasteiger partial charge in [-0.15, -0.1) is 0 Å². The highest BCUT2D eigenvalue weighted by atomic mass is 16.4. The molecule has 2 rings (SSSR count). The van der Waals surface area contributed by atoms with Crippen LogP contribution < -0.4 is 10.9 Å². The molecule has 0 aliphatic carbocycles. The summed E-state index contributed by atoms with van der Waals surface area (Å²) < 4.78 is 5.40. The van der Waals surface area contributed by atoms with Crippen LogP contribution >= 0.6 is 0 Å². The highest BCUT2D eigenvalue weighted by molar-refractivity contribution is 5.76. The van der Waals surface area contributed by atoms with E-state index in [0.29, 0.717) is 35.0 Å². The predicted molar refractivity (Wildman–Crippen MR) is 88.7 cm³/mol. The van der Waals surface area contributed by atoms with Gasteiger partial charge >= 0.3 is 0 Å². The van der Waals surface area contributed by atoms with Crippen LogP contribution in [0.25, 0.3) is 0 Å². The van der Waals surface area contributed by atoms with Crippen LogP contribution in [0.3, 0.4) is 0 Å². The van der Waals surface area contributed by atoms with E-state index in [-0.39, 0.29) is 24.4 Å². The van der Waals surface area contributed by atoms with Crippen molar-refractivity contribution in [3.05, 3.63) is 51.1 Å². The number of nitrogens with zero attached hydrogens (tertiary/aromatic N) is 1. The molecule has 1 atom stereocenters. The maximum atomic E-state index is 12.0. The number of hydrogen-bond acceptors (Lipinski definition) is 5. The van der Waals surface area contributed by atoms with E-state index < -0.39 is 5.60 Å². The number of furan rings is 1. The summed E-state index contributed by atoms with van der Waals surface area (Å²) in [6.07, 6.45) is 0.435. The van der Waals surface area contributed by atoms with Gasteiger partial charge in [0, 0.05) is 17.7 Å². The number of carbonyl (C=O) groups excluding carboxylic acids is 1. The third kappa shape index (κ3) is 4.32. The molecule has 7 nitrogen and oxygen atoms in total. The van der Waals surface area contributed by atoms with Gasteiger partial charge in [-0.1, -0.05) is 0 Å². The normalized spacial score (nSPS) is 13.5. The Hall–Kier alpha value is -2.41. The fraction of sp³-hybridized carbons (Fsp3) is 0.471. The fourth-order valence-electron chi connectivity index (χ4n) is 2.45. The maximum Gasteiger partial charge on any atom is 0.254 e. The van der Waals surface area contributed by atoms with Crippen molar-refractivity contribution < 1.29 is 14.3 Å². The minimum atomic E-state index is -1.29. The number of H-pyrrole nitrogens is 1. The Morgan fingerprint density at radius 1 is 1.38 bits per heavy atom. The van der Waals surface area contributed by atoms with E-state index in [1.807, 2.05) is 0 Å². The lowest BCUT2D eigenvalue weighted by Crippen LogP contribution is -2.38. The average Bonchev–Trinajstić information content (AvgIpc) is 2.91. The van der Waals surface area contributed by atoms with Crippen molar-refractivity contribution >= 4 is 5.91 Å². The Kier molecular flexibility index (Phi) is 5.23. The number of hydrogen-bond donors (Lipinski definition) is 3. The first-order valence-electron chi connectivity index (χ1n) is 7.81. The van der Waals surface area contributed by atoms with Crippen molar-refractivity contribution in [3.63, 3.8) is 0 Å². The van der Waals surface area contributed by atoms with Crippen LogP contribution in [-0.2, 0) is 16.8 Å². The Morgan fingerprint density at radius 3 is 2.67 bits per heavy atom. The summed E-state index contributed by atoms with van der Waals surface area (Å²) in [6, 6.07) is 3.44. The summed E-state index contributed by atoms with van der Waals surface area (Å²) in [5.74, 6) is 1.39. The number of amides is 1. The van der Waals surface area contributed by atoms with Gasteiger partial charge in [-0.05, 0) is 46.2 Å². The molecule has 0 fully saturated rings. The molecule has 24 heavy (non-hydrogen) atoms. The first kappa shape index (κ1) is 17.9. The number of carbonyl (C=O) groups is 1. The van der Waals surface area contributed by atoms with Gasteiger partial charge in [0.15, 0.2) is 0 Å². The molecule has 0 spiro atoms. The van der Waals surface area contributed by atoms with Crippen molar-refractivity contribution in [3.8, 4) is 0 Å². The molecule has 0 radical (unpaired) electrons. The van der Waals surface area contributed by atoms with Crippen molar-refractivity contribution in [2.45, 2.75) is 46.1 Å². The molecule has 3 N–H and O–H groups in total. The standard InChI is InChI=1S/C17H23N3O4/c1-10-5-7-14(24-10)17(4,23)9-18-15(21)8-6-13-11(2)19-12(3)20-16(13)22/h5,7,23H,6,8-9H2,1-4H3,(H,18,21)(H,19,20,22). The zero-order valence-corrected chi connectivity index (χ0v) is 14.4.